The molecule has 0 fully saturated rings. The number of thiophene rings is 1. The molecule has 4 heterocycles. The number of hydrogen-bond acceptors (Lipinski definition) is 5. The lowest BCUT2D eigenvalue weighted by Crippen LogP contribution is -1.93. The number of pyridine rings is 2. The van der Waals surface area contributed by atoms with Crippen LogP contribution in [-0.2, 0) is 6.42 Å². The molecule has 0 aliphatic carbocycles. The molecule has 3 N–H and O–H groups in total. The van der Waals surface area contributed by atoms with Gasteiger partial charge in [0.05, 0.1) is 0 Å². The topological polar surface area (TPSA) is 63.8 Å². The number of fused-ring (bicyclic) bond motifs is 2. The average molecular weight is 375 g/mol. The molecule has 0 spiro atoms. The van der Waals surface area contributed by atoms with Crippen LogP contribution in [0, 0.1) is 0 Å². The summed E-state index contributed by atoms with van der Waals surface area (Å²) in [5, 5.41) is 6.64. The van der Waals surface area contributed by atoms with Crippen LogP contribution in [0.25, 0.3) is 32.3 Å². The van der Waals surface area contributed by atoms with Crippen LogP contribution in [0.4, 0.5) is 11.5 Å². The van der Waals surface area contributed by atoms with Crippen LogP contribution >= 0.6 is 11.3 Å². The molecule has 0 atom stereocenters. The first-order chi connectivity index (χ1) is 13.3. The summed E-state index contributed by atoms with van der Waals surface area (Å²) in [7, 11) is 0. The standard InChI is InChI=1S/C20H16N4S.C2H6/c21-20-18-16(12-3-4-17-13(8-12)5-7-23-17)11-25-19(18)15(10-24-20)14-2-1-6-22-9-14;1-2/h1-4,6,8-11,23H,5,7H2,(H2,21,24);1-2H3. The van der Waals surface area contributed by atoms with Gasteiger partial charge < -0.3 is 11.1 Å². The van der Waals surface area contributed by atoms with E-state index in [1.807, 2.05) is 32.3 Å². The Bertz CT molecular complexity index is 1090. The normalized spacial score (nSPS) is 12.2. The van der Waals surface area contributed by atoms with Crippen LogP contribution in [0.2, 0.25) is 0 Å². The number of aromatic nitrogens is 2. The van der Waals surface area contributed by atoms with Gasteiger partial charge in [0.15, 0.2) is 0 Å². The van der Waals surface area contributed by atoms with E-state index >= 15 is 0 Å². The van der Waals surface area contributed by atoms with Crippen LogP contribution in [0.5, 0.6) is 0 Å². The minimum atomic E-state index is 0.581. The summed E-state index contributed by atoms with van der Waals surface area (Å²) in [5.41, 5.74) is 13.4. The summed E-state index contributed by atoms with van der Waals surface area (Å²) >= 11 is 1.71. The molecule has 5 rings (SSSR count). The number of nitrogens with two attached hydrogens (primary N) is 1. The van der Waals surface area contributed by atoms with E-state index in [2.05, 4.69) is 44.9 Å². The highest BCUT2D eigenvalue weighted by molar-refractivity contribution is 7.18. The number of nitrogens with zero attached hydrogens (tertiary/aromatic N) is 2. The van der Waals surface area contributed by atoms with Gasteiger partial charge in [-0.25, -0.2) is 4.98 Å². The smallest absolute Gasteiger partial charge is 0.132 e. The number of nitrogens with one attached hydrogen (secondary N) is 1. The van der Waals surface area contributed by atoms with E-state index in [9.17, 15) is 0 Å². The van der Waals surface area contributed by atoms with Gasteiger partial charge in [0.2, 0.25) is 0 Å². The summed E-state index contributed by atoms with van der Waals surface area (Å²) in [5.74, 6) is 0.581. The third-order valence-electron chi connectivity index (χ3n) is 4.72. The van der Waals surface area contributed by atoms with Gasteiger partial charge in [0.25, 0.3) is 0 Å². The van der Waals surface area contributed by atoms with Crippen LogP contribution in [0.15, 0.2) is 54.3 Å². The minimum absolute atomic E-state index is 0.581. The zero-order valence-electron chi connectivity index (χ0n) is 15.5. The monoisotopic (exact) mass is 374 g/mol. The lowest BCUT2D eigenvalue weighted by atomic mass is 10.00. The summed E-state index contributed by atoms with van der Waals surface area (Å²) in [6, 6.07) is 10.6. The number of nitrogen functional groups attached to an aromatic ring is 1. The molecule has 4 aromatic rings. The molecular formula is C22H22N4S. The van der Waals surface area contributed by atoms with Crippen molar-refractivity contribution in [2.45, 2.75) is 20.3 Å². The predicted molar refractivity (Wildman–Crippen MR) is 116 cm³/mol. The zero-order chi connectivity index (χ0) is 18.8. The van der Waals surface area contributed by atoms with Crippen molar-refractivity contribution in [2.24, 2.45) is 0 Å². The Kier molecular flexibility index (Phi) is 4.77. The van der Waals surface area contributed by atoms with E-state index in [4.69, 9.17) is 5.73 Å². The second kappa shape index (κ2) is 7.37. The van der Waals surface area contributed by atoms with Gasteiger partial charge in [-0.3, -0.25) is 4.98 Å². The van der Waals surface area contributed by atoms with Gasteiger partial charge >= 0.3 is 0 Å². The van der Waals surface area contributed by atoms with Crippen molar-refractivity contribution in [3.8, 4) is 22.3 Å². The first kappa shape index (κ1) is 17.5. The van der Waals surface area contributed by atoms with E-state index in [1.165, 1.54) is 16.8 Å². The van der Waals surface area contributed by atoms with Crippen molar-refractivity contribution < 1.29 is 0 Å². The molecule has 27 heavy (non-hydrogen) atoms. The molecule has 1 aliphatic rings. The Labute approximate surface area is 163 Å². The Hall–Kier alpha value is -2.92. The van der Waals surface area contributed by atoms with Crippen molar-refractivity contribution in [3.63, 3.8) is 0 Å². The van der Waals surface area contributed by atoms with Crippen molar-refractivity contribution >= 4 is 32.9 Å². The highest BCUT2D eigenvalue weighted by Crippen LogP contribution is 2.42. The van der Waals surface area contributed by atoms with Gasteiger partial charge in [0.1, 0.15) is 5.82 Å². The molecule has 3 aromatic heterocycles. The highest BCUT2D eigenvalue weighted by atomic mass is 32.1. The molecule has 4 nitrogen and oxygen atoms in total. The third-order valence-corrected chi connectivity index (χ3v) is 5.74. The number of rotatable bonds is 2. The van der Waals surface area contributed by atoms with Crippen LogP contribution in [0.3, 0.4) is 0 Å². The lowest BCUT2D eigenvalue weighted by Gasteiger charge is -2.08. The predicted octanol–water partition coefficient (Wildman–Crippen LogP) is 5.60. The molecule has 0 bridgehead atoms. The van der Waals surface area contributed by atoms with E-state index in [1.54, 1.807) is 17.5 Å². The molecule has 0 amide bonds. The molecule has 1 aliphatic heterocycles. The van der Waals surface area contributed by atoms with Crippen LogP contribution in [0.1, 0.15) is 19.4 Å². The quantitative estimate of drug-likeness (QED) is 0.479. The van der Waals surface area contributed by atoms with Gasteiger partial charge in [-0.1, -0.05) is 26.0 Å². The molecule has 1 aromatic carbocycles. The first-order valence-corrected chi connectivity index (χ1v) is 10.1. The second-order valence-corrected chi connectivity index (χ2v) is 7.08. The fourth-order valence-corrected chi connectivity index (χ4v) is 4.60. The van der Waals surface area contributed by atoms with E-state index < -0.39 is 0 Å². The molecule has 0 saturated carbocycles. The van der Waals surface area contributed by atoms with Crippen molar-refractivity contribution in [1.82, 2.24) is 9.97 Å². The molecular weight excluding hydrogens is 352 g/mol. The Morgan fingerprint density at radius 2 is 1.96 bits per heavy atom. The van der Waals surface area contributed by atoms with Gasteiger partial charge in [-0.2, -0.15) is 0 Å². The van der Waals surface area contributed by atoms with Crippen LogP contribution in [-0.4, -0.2) is 16.5 Å². The zero-order valence-corrected chi connectivity index (χ0v) is 16.3. The van der Waals surface area contributed by atoms with Crippen molar-refractivity contribution in [3.05, 3.63) is 59.9 Å². The second-order valence-electron chi connectivity index (χ2n) is 6.20. The summed E-state index contributed by atoms with van der Waals surface area (Å²) < 4.78 is 1.16. The molecule has 0 saturated heterocycles. The average Bonchev–Trinajstić information content (AvgIpc) is 3.37. The van der Waals surface area contributed by atoms with E-state index in [-0.39, 0.29) is 0 Å². The van der Waals surface area contributed by atoms with Gasteiger partial charge in [-0.05, 0) is 41.1 Å². The van der Waals surface area contributed by atoms with Gasteiger partial charge in [-0.15, -0.1) is 11.3 Å². The summed E-state index contributed by atoms with van der Waals surface area (Å²) in [4.78, 5) is 8.69. The molecule has 5 heteroatoms. The highest BCUT2D eigenvalue weighted by Gasteiger charge is 2.17. The largest absolute Gasteiger partial charge is 0.384 e. The third kappa shape index (κ3) is 3.04. The van der Waals surface area contributed by atoms with Crippen molar-refractivity contribution in [1.29, 1.82) is 0 Å². The van der Waals surface area contributed by atoms with E-state index in [0.717, 1.165) is 39.7 Å². The summed E-state index contributed by atoms with van der Waals surface area (Å²) in [6.07, 6.45) is 6.57. The van der Waals surface area contributed by atoms with Gasteiger partial charge in [0, 0.05) is 57.6 Å². The SMILES string of the molecule is CC.Nc1ncc(-c2cccnc2)c2scc(-c3ccc4c(c3)CCN4)c12. The Morgan fingerprint density at radius 1 is 1.07 bits per heavy atom. The van der Waals surface area contributed by atoms with Crippen molar-refractivity contribution in [2.75, 3.05) is 17.6 Å². The number of anilines is 2. The molecule has 136 valence electrons. The molecule has 0 radical (unpaired) electrons. The fraction of sp³-hybridized carbons (Fsp3) is 0.182. The fourth-order valence-electron chi connectivity index (χ4n) is 3.48. The maximum absolute atomic E-state index is 6.27. The molecule has 0 unspecified atom stereocenters. The minimum Gasteiger partial charge on any atom is -0.384 e. The summed E-state index contributed by atoms with van der Waals surface area (Å²) in [6.45, 7) is 5.01. The number of hydrogen-bond donors (Lipinski definition) is 2. The number of benzene rings is 1. The first-order valence-electron chi connectivity index (χ1n) is 9.24. The Balaban J connectivity index is 0.000000872. The maximum Gasteiger partial charge on any atom is 0.132 e. The Morgan fingerprint density at radius 3 is 2.78 bits per heavy atom. The lowest BCUT2D eigenvalue weighted by molar-refractivity contribution is 1.11. The van der Waals surface area contributed by atoms with Crippen LogP contribution < -0.4 is 11.1 Å². The van der Waals surface area contributed by atoms with E-state index in [0.29, 0.717) is 5.82 Å². The maximum atomic E-state index is 6.27.